The molecule has 7 heteroatoms. The smallest absolute Gasteiger partial charge is 0.335 e. The van der Waals surface area contributed by atoms with Crippen molar-refractivity contribution < 1.29 is 14.7 Å². The number of fused-ring (bicyclic) bond motifs is 1. The summed E-state index contributed by atoms with van der Waals surface area (Å²) in [6.07, 6.45) is 10.3. The summed E-state index contributed by atoms with van der Waals surface area (Å²) in [7, 11) is 3.86. The first-order valence-electron chi connectivity index (χ1n) is 11.6. The molecular weight excluding hydrogens is 452 g/mol. The molecule has 1 unspecified atom stereocenters. The Morgan fingerprint density at radius 3 is 2.44 bits per heavy atom. The molecule has 1 aromatic carbocycles. The molecule has 7 nitrogen and oxygen atoms in total. The summed E-state index contributed by atoms with van der Waals surface area (Å²) >= 11 is 0. The molecule has 36 heavy (non-hydrogen) atoms. The van der Waals surface area contributed by atoms with E-state index in [0.29, 0.717) is 5.57 Å². The summed E-state index contributed by atoms with van der Waals surface area (Å²) in [5.74, 6) is -0.964. The van der Waals surface area contributed by atoms with Crippen LogP contribution < -0.4 is 0 Å². The van der Waals surface area contributed by atoms with Gasteiger partial charge in [-0.15, -0.1) is 0 Å². The Hall–Kier alpha value is -4.52. The van der Waals surface area contributed by atoms with Gasteiger partial charge in [-0.2, -0.15) is 0 Å². The van der Waals surface area contributed by atoms with E-state index in [1.807, 2.05) is 55.7 Å². The maximum atomic E-state index is 11.3. The lowest BCUT2D eigenvalue weighted by Gasteiger charge is -2.15. The van der Waals surface area contributed by atoms with Gasteiger partial charge < -0.3 is 14.6 Å². The highest BCUT2D eigenvalue weighted by Crippen LogP contribution is 2.34. The third kappa shape index (κ3) is 5.10. The number of hydrogen-bond acceptors (Lipinski definition) is 5. The fourth-order valence-electron chi connectivity index (χ4n) is 4.13. The molecular formula is C29H28N4O3. The van der Waals surface area contributed by atoms with Crippen molar-refractivity contribution in [2.24, 2.45) is 0 Å². The van der Waals surface area contributed by atoms with Gasteiger partial charge in [-0.25, -0.2) is 4.79 Å². The maximum Gasteiger partial charge on any atom is 0.335 e. The first-order chi connectivity index (χ1) is 17.3. The number of carboxylic acid groups (broad SMARTS) is 1. The number of hydrogen-bond donors (Lipinski definition) is 1. The van der Waals surface area contributed by atoms with Crippen LogP contribution in [0.25, 0.3) is 27.7 Å². The second-order valence-corrected chi connectivity index (χ2v) is 8.91. The van der Waals surface area contributed by atoms with Crippen molar-refractivity contribution in [3.05, 3.63) is 102 Å². The van der Waals surface area contributed by atoms with Crippen LogP contribution in [0.4, 0.5) is 0 Å². The Balaban J connectivity index is 1.94. The van der Waals surface area contributed by atoms with E-state index in [4.69, 9.17) is 4.98 Å². The number of carbonyl (C=O) groups is 2. The Kier molecular flexibility index (Phi) is 7.10. The largest absolute Gasteiger partial charge is 0.478 e. The predicted octanol–water partition coefficient (Wildman–Crippen LogP) is 5.45. The zero-order valence-corrected chi connectivity index (χ0v) is 20.7. The van der Waals surface area contributed by atoms with Crippen LogP contribution in [0.5, 0.6) is 0 Å². The van der Waals surface area contributed by atoms with Crippen LogP contribution in [0.15, 0.2) is 85.0 Å². The molecule has 0 amide bonds. The number of aromatic nitrogens is 3. The van der Waals surface area contributed by atoms with Gasteiger partial charge in [-0.05, 0) is 67.0 Å². The summed E-state index contributed by atoms with van der Waals surface area (Å²) in [6.45, 7) is 3.85. The first-order valence-corrected chi connectivity index (χ1v) is 11.6. The zero-order chi connectivity index (χ0) is 25.8. The van der Waals surface area contributed by atoms with Gasteiger partial charge in [-0.3, -0.25) is 14.8 Å². The van der Waals surface area contributed by atoms with E-state index in [1.165, 1.54) is 0 Å². The molecule has 4 aromatic rings. The van der Waals surface area contributed by atoms with E-state index < -0.39 is 5.97 Å². The second kappa shape index (κ2) is 10.4. The predicted molar refractivity (Wildman–Crippen MR) is 142 cm³/mol. The van der Waals surface area contributed by atoms with Crippen molar-refractivity contribution in [2.45, 2.75) is 19.9 Å². The molecule has 0 radical (unpaired) electrons. The summed E-state index contributed by atoms with van der Waals surface area (Å²) in [5.41, 5.74) is 6.97. The lowest BCUT2D eigenvalue weighted by atomic mass is 10.0. The SMILES string of the molecule is C/C(C=O)=C/C(=C\N(C)C)c1cnc2c(-c3ccc(C(=O)O)cc3)cn(C(C)c3ccccn3)c2c1. The monoisotopic (exact) mass is 480 g/mol. The molecule has 4 rings (SSSR count). The Labute approximate surface area is 210 Å². The molecule has 0 bridgehead atoms. The minimum absolute atomic E-state index is 0.0775. The summed E-state index contributed by atoms with van der Waals surface area (Å²) in [6, 6.07) is 14.6. The number of carbonyl (C=O) groups excluding carboxylic acids is 1. The lowest BCUT2D eigenvalue weighted by molar-refractivity contribution is -0.104. The Morgan fingerprint density at radius 2 is 1.83 bits per heavy atom. The van der Waals surface area contributed by atoms with E-state index in [0.717, 1.165) is 45.3 Å². The molecule has 0 aliphatic carbocycles. The van der Waals surface area contributed by atoms with Crippen LogP contribution in [0, 0.1) is 0 Å². The number of pyridine rings is 2. The average Bonchev–Trinajstić information content (AvgIpc) is 3.27. The molecule has 0 saturated carbocycles. The number of allylic oxidation sites excluding steroid dienone is 3. The van der Waals surface area contributed by atoms with Gasteiger partial charge >= 0.3 is 5.97 Å². The Bertz CT molecular complexity index is 1470. The highest BCUT2D eigenvalue weighted by atomic mass is 16.4. The Morgan fingerprint density at radius 1 is 1.08 bits per heavy atom. The van der Waals surface area contributed by atoms with Crippen molar-refractivity contribution in [3.8, 4) is 11.1 Å². The van der Waals surface area contributed by atoms with Crippen molar-refractivity contribution >= 4 is 28.9 Å². The minimum Gasteiger partial charge on any atom is -0.478 e. The van der Waals surface area contributed by atoms with E-state index in [1.54, 1.807) is 43.6 Å². The maximum absolute atomic E-state index is 11.3. The van der Waals surface area contributed by atoms with E-state index >= 15 is 0 Å². The summed E-state index contributed by atoms with van der Waals surface area (Å²) in [5, 5.41) is 9.29. The van der Waals surface area contributed by atoms with Crippen LogP contribution in [0.1, 0.15) is 41.5 Å². The van der Waals surface area contributed by atoms with Crippen molar-refractivity contribution in [3.63, 3.8) is 0 Å². The average molecular weight is 481 g/mol. The molecule has 3 heterocycles. The topological polar surface area (TPSA) is 88.3 Å². The highest BCUT2D eigenvalue weighted by Gasteiger charge is 2.19. The number of aldehydes is 1. The van der Waals surface area contributed by atoms with Gasteiger partial charge in [0.15, 0.2) is 0 Å². The molecule has 0 aliphatic rings. The zero-order valence-electron chi connectivity index (χ0n) is 20.7. The number of carboxylic acids is 1. The molecule has 3 aromatic heterocycles. The van der Waals surface area contributed by atoms with E-state index in [-0.39, 0.29) is 11.6 Å². The first kappa shape index (κ1) is 24.6. The van der Waals surface area contributed by atoms with Crippen LogP contribution in [0.2, 0.25) is 0 Å². The highest BCUT2D eigenvalue weighted by molar-refractivity contribution is 5.96. The van der Waals surface area contributed by atoms with E-state index in [2.05, 4.69) is 22.5 Å². The van der Waals surface area contributed by atoms with Crippen molar-refractivity contribution in [1.29, 1.82) is 0 Å². The molecule has 0 saturated heterocycles. The molecule has 0 fully saturated rings. The van der Waals surface area contributed by atoms with E-state index in [9.17, 15) is 14.7 Å². The van der Waals surface area contributed by atoms with Gasteiger partial charge in [-0.1, -0.05) is 18.2 Å². The van der Waals surface area contributed by atoms with Crippen LogP contribution >= 0.6 is 0 Å². The van der Waals surface area contributed by atoms with Gasteiger partial charge in [0.2, 0.25) is 0 Å². The molecule has 1 N–H and O–H groups in total. The van der Waals surface area contributed by atoms with Crippen LogP contribution in [0.3, 0.4) is 0 Å². The second-order valence-electron chi connectivity index (χ2n) is 8.91. The fraction of sp³-hybridized carbons (Fsp3) is 0.172. The lowest BCUT2D eigenvalue weighted by Crippen LogP contribution is -2.07. The molecule has 182 valence electrons. The third-order valence-corrected chi connectivity index (χ3v) is 5.94. The number of rotatable bonds is 8. The molecule has 0 aliphatic heterocycles. The molecule has 1 atom stereocenters. The van der Waals surface area contributed by atoms with Gasteiger partial charge in [0.1, 0.15) is 6.29 Å². The summed E-state index contributed by atoms with van der Waals surface area (Å²) < 4.78 is 2.14. The number of benzene rings is 1. The van der Waals surface area contributed by atoms with Crippen molar-refractivity contribution in [2.75, 3.05) is 14.1 Å². The standard InChI is InChI=1S/C29H28N4O3/c1-19(18-34)13-24(16-32(3)4)23-14-27-28(31-15-23)25(21-8-10-22(11-9-21)29(35)36)17-33(27)20(2)26-7-5-6-12-30-26/h5-18,20H,1-4H3,(H,35,36)/b19-13-,24-16+. The third-order valence-electron chi connectivity index (χ3n) is 5.94. The van der Waals surface area contributed by atoms with Gasteiger partial charge in [0.25, 0.3) is 0 Å². The quantitative estimate of drug-likeness (QED) is 0.205. The normalized spacial score (nSPS) is 13.0. The number of aromatic carboxylic acids is 1. The minimum atomic E-state index is -0.964. The van der Waals surface area contributed by atoms with Crippen LogP contribution in [-0.2, 0) is 4.79 Å². The van der Waals surface area contributed by atoms with Crippen LogP contribution in [-0.4, -0.2) is 50.9 Å². The van der Waals surface area contributed by atoms with Gasteiger partial charge in [0.05, 0.1) is 28.3 Å². The number of nitrogens with zero attached hydrogens (tertiary/aromatic N) is 4. The van der Waals surface area contributed by atoms with Gasteiger partial charge in [0, 0.05) is 50.0 Å². The fourth-order valence-corrected chi connectivity index (χ4v) is 4.13. The van der Waals surface area contributed by atoms with Crippen molar-refractivity contribution in [1.82, 2.24) is 19.4 Å². The molecule has 0 spiro atoms. The summed E-state index contributed by atoms with van der Waals surface area (Å²) in [4.78, 5) is 34.0.